The highest BCUT2D eigenvalue weighted by molar-refractivity contribution is 14.1. The third kappa shape index (κ3) is 5.68. The summed E-state index contributed by atoms with van der Waals surface area (Å²) >= 11 is 2.20. The Labute approximate surface area is 212 Å². The number of anilines is 2. The molecule has 1 aliphatic rings. The summed E-state index contributed by atoms with van der Waals surface area (Å²) in [4.78, 5) is 16.3. The molecule has 0 atom stereocenters. The predicted molar refractivity (Wildman–Crippen MR) is 139 cm³/mol. The lowest BCUT2D eigenvalue weighted by atomic mass is 10.1. The number of nitrogens with one attached hydrogen (secondary N) is 1. The van der Waals surface area contributed by atoms with Gasteiger partial charge in [-0.25, -0.2) is 8.42 Å². The van der Waals surface area contributed by atoms with Crippen LogP contribution >= 0.6 is 22.6 Å². The van der Waals surface area contributed by atoms with Crippen molar-refractivity contribution in [1.29, 1.82) is 0 Å². The Hall–Kier alpha value is -2.70. The summed E-state index contributed by atoms with van der Waals surface area (Å²) in [6, 6.07) is 13.9. The summed E-state index contributed by atoms with van der Waals surface area (Å²) in [5.41, 5.74) is 7.47. The summed E-state index contributed by atoms with van der Waals surface area (Å²) in [5, 5.41) is 3.17. The second-order valence-corrected chi connectivity index (χ2v) is 11.4. The highest BCUT2D eigenvalue weighted by Gasteiger charge is 2.31. The van der Waals surface area contributed by atoms with Gasteiger partial charge in [0.15, 0.2) is 5.75 Å². The van der Waals surface area contributed by atoms with Crippen LogP contribution in [-0.2, 0) is 16.6 Å². The van der Waals surface area contributed by atoms with E-state index in [1.807, 2.05) is 30.3 Å². The standard InChI is InChI=1S/C24H25IN4O4S/c1-29(14-17-3-2-12-27-13-17)34(31,32)21-11-10-20(24(26)30)22(23(21)33-15-16-4-5-16)28-19-8-6-18(25)7-9-19/h2-3,6-13,16,28H,4-5,14-15H2,1H3,(H2,26,30). The molecule has 4 rings (SSSR count). The topological polar surface area (TPSA) is 115 Å². The smallest absolute Gasteiger partial charge is 0.250 e. The van der Waals surface area contributed by atoms with Gasteiger partial charge in [0, 0.05) is 35.2 Å². The molecule has 0 radical (unpaired) electrons. The van der Waals surface area contributed by atoms with Gasteiger partial charge in [0.2, 0.25) is 10.0 Å². The van der Waals surface area contributed by atoms with Crippen molar-refractivity contribution in [1.82, 2.24) is 9.29 Å². The number of nitrogens with two attached hydrogens (primary N) is 1. The van der Waals surface area contributed by atoms with E-state index in [9.17, 15) is 13.2 Å². The number of hydrogen-bond acceptors (Lipinski definition) is 6. The number of amides is 1. The van der Waals surface area contributed by atoms with Gasteiger partial charge in [-0.05, 0) is 89.4 Å². The van der Waals surface area contributed by atoms with Crippen molar-refractivity contribution < 1.29 is 17.9 Å². The second kappa shape index (κ2) is 10.3. The third-order valence-corrected chi connectivity index (χ3v) is 8.02. The number of nitrogens with zero attached hydrogens (tertiary/aromatic N) is 2. The average Bonchev–Trinajstić information content (AvgIpc) is 3.64. The van der Waals surface area contributed by atoms with Crippen LogP contribution in [0.25, 0.3) is 0 Å². The molecule has 0 unspecified atom stereocenters. The molecular formula is C24H25IN4O4S. The molecule has 1 heterocycles. The zero-order chi connectivity index (χ0) is 24.3. The maximum absolute atomic E-state index is 13.6. The molecule has 10 heteroatoms. The number of hydrogen-bond donors (Lipinski definition) is 2. The second-order valence-electron chi connectivity index (χ2n) is 8.19. The van der Waals surface area contributed by atoms with Gasteiger partial charge in [0.1, 0.15) is 4.90 Å². The molecular weight excluding hydrogens is 567 g/mol. The van der Waals surface area contributed by atoms with Crippen LogP contribution in [-0.4, -0.2) is 37.3 Å². The molecule has 8 nitrogen and oxygen atoms in total. The van der Waals surface area contributed by atoms with Gasteiger partial charge < -0.3 is 15.8 Å². The van der Waals surface area contributed by atoms with E-state index in [1.54, 1.807) is 18.5 Å². The first kappa shape index (κ1) is 24.4. The fraction of sp³-hybridized carbons (Fsp3) is 0.250. The predicted octanol–water partition coefficient (Wildman–Crippen LogP) is 4.14. The number of pyridine rings is 1. The first-order valence-corrected chi connectivity index (χ1v) is 13.2. The Morgan fingerprint density at radius 1 is 1.21 bits per heavy atom. The van der Waals surface area contributed by atoms with Crippen molar-refractivity contribution in [3.63, 3.8) is 0 Å². The molecule has 0 saturated heterocycles. The van der Waals surface area contributed by atoms with Crippen LogP contribution in [0, 0.1) is 9.49 Å². The molecule has 1 amide bonds. The number of rotatable bonds is 10. The molecule has 0 bridgehead atoms. The van der Waals surface area contributed by atoms with Crippen molar-refractivity contribution in [2.75, 3.05) is 19.0 Å². The molecule has 1 aromatic heterocycles. The van der Waals surface area contributed by atoms with E-state index < -0.39 is 15.9 Å². The lowest BCUT2D eigenvalue weighted by molar-refractivity contribution is 0.100. The van der Waals surface area contributed by atoms with Crippen LogP contribution in [0.15, 0.2) is 65.8 Å². The minimum Gasteiger partial charge on any atom is -0.490 e. The van der Waals surface area contributed by atoms with Crippen molar-refractivity contribution in [2.45, 2.75) is 24.3 Å². The van der Waals surface area contributed by atoms with Gasteiger partial charge in [-0.15, -0.1) is 0 Å². The van der Waals surface area contributed by atoms with Crippen molar-refractivity contribution in [3.05, 3.63) is 75.6 Å². The Bertz CT molecular complexity index is 1280. The van der Waals surface area contributed by atoms with Gasteiger partial charge in [-0.1, -0.05) is 6.07 Å². The van der Waals surface area contributed by atoms with E-state index in [0.29, 0.717) is 18.2 Å². The van der Waals surface area contributed by atoms with E-state index in [2.05, 4.69) is 32.9 Å². The number of ether oxygens (including phenoxy) is 1. The first-order chi connectivity index (χ1) is 16.3. The summed E-state index contributed by atoms with van der Waals surface area (Å²) in [6.07, 6.45) is 5.31. The van der Waals surface area contributed by atoms with Crippen LogP contribution in [0.4, 0.5) is 11.4 Å². The number of aromatic nitrogens is 1. The molecule has 1 aliphatic carbocycles. The fourth-order valence-electron chi connectivity index (χ4n) is 3.40. The zero-order valence-corrected chi connectivity index (χ0v) is 21.5. The quantitative estimate of drug-likeness (QED) is 0.342. The Balaban J connectivity index is 1.78. The Morgan fingerprint density at radius 3 is 2.56 bits per heavy atom. The van der Waals surface area contributed by atoms with Crippen molar-refractivity contribution in [3.8, 4) is 5.75 Å². The highest BCUT2D eigenvalue weighted by Crippen LogP contribution is 2.40. The molecule has 34 heavy (non-hydrogen) atoms. The highest BCUT2D eigenvalue weighted by atomic mass is 127. The molecule has 1 saturated carbocycles. The SMILES string of the molecule is CN(Cc1cccnc1)S(=O)(=O)c1ccc(C(N)=O)c(Nc2ccc(I)cc2)c1OCC1CC1. The molecule has 3 N–H and O–H groups in total. The molecule has 2 aromatic carbocycles. The van der Waals surface area contributed by atoms with Crippen LogP contribution in [0.3, 0.4) is 0 Å². The van der Waals surface area contributed by atoms with E-state index in [0.717, 1.165) is 22.0 Å². The molecule has 1 fully saturated rings. The minimum atomic E-state index is -3.97. The Kier molecular flexibility index (Phi) is 7.39. The number of halogens is 1. The van der Waals surface area contributed by atoms with Crippen LogP contribution in [0.5, 0.6) is 5.75 Å². The van der Waals surface area contributed by atoms with Gasteiger partial charge in [-0.2, -0.15) is 4.31 Å². The maximum atomic E-state index is 13.6. The largest absolute Gasteiger partial charge is 0.490 e. The number of benzene rings is 2. The van der Waals surface area contributed by atoms with Crippen molar-refractivity contribution >= 4 is 49.9 Å². The maximum Gasteiger partial charge on any atom is 0.250 e. The summed E-state index contributed by atoms with van der Waals surface area (Å²) in [5.74, 6) is -0.219. The third-order valence-electron chi connectivity index (χ3n) is 5.48. The summed E-state index contributed by atoms with van der Waals surface area (Å²) in [7, 11) is -2.47. The molecule has 0 aliphatic heterocycles. The summed E-state index contributed by atoms with van der Waals surface area (Å²) < 4.78 is 35.6. The first-order valence-electron chi connectivity index (χ1n) is 10.7. The van der Waals surface area contributed by atoms with Gasteiger partial charge >= 0.3 is 0 Å². The lowest BCUT2D eigenvalue weighted by Crippen LogP contribution is -2.27. The Morgan fingerprint density at radius 2 is 1.94 bits per heavy atom. The van der Waals surface area contributed by atoms with E-state index in [4.69, 9.17) is 10.5 Å². The fourth-order valence-corrected chi connectivity index (χ4v) is 5.05. The van der Waals surface area contributed by atoms with Crippen LogP contribution in [0.2, 0.25) is 0 Å². The van der Waals surface area contributed by atoms with Crippen LogP contribution in [0.1, 0.15) is 28.8 Å². The summed E-state index contributed by atoms with van der Waals surface area (Å²) in [6.45, 7) is 0.494. The monoisotopic (exact) mass is 592 g/mol. The number of primary amides is 1. The lowest BCUT2D eigenvalue weighted by Gasteiger charge is -2.23. The molecule has 0 spiro atoms. The molecule has 3 aromatic rings. The van der Waals surface area contributed by atoms with Gasteiger partial charge in [0.05, 0.1) is 17.9 Å². The molecule has 178 valence electrons. The average molecular weight is 592 g/mol. The van der Waals surface area contributed by atoms with Gasteiger partial charge in [-0.3, -0.25) is 9.78 Å². The van der Waals surface area contributed by atoms with Crippen LogP contribution < -0.4 is 15.8 Å². The van der Waals surface area contributed by atoms with E-state index in [1.165, 1.54) is 23.5 Å². The number of sulfonamides is 1. The van der Waals surface area contributed by atoms with E-state index in [-0.39, 0.29) is 28.4 Å². The zero-order valence-electron chi connectivity index (χ0n) is 18.6. The number of carbonyl (C=O) groups is 1. The van der Waals surface area contributed by atoms with Crippen molar-refractivity contribution in [2.24, 2.45) is 11.7 Å². The van der Waals surface area contributed by atoms with Gasteiger partial charge in [0.25, 0.3) is 5.91 Å². The van der Waals surface area contributed by atoms with E-state index >= 15 is 0 Å². The number of carbonyl (C=O) groups excluding carboxylic acids is 1. The normalized spacial score (nSPS) is 13.6. The minimum absolute atomic E-state index is 0.0300.